The van der Waals surface area contributed by atoms with Crippen molar-refractivity contribution in [3.8, 4) is 0 Å². The highest BCUT2D eigenvalue weighted by Gasteiger charge is 2.76. The summed E-state index contributed by atoms with van der Waals surface area (Å²) in [6, 6.07) is 7.75. The first-order valence-corrected chi connectivity index (χ1v) is 9.61. The molecule has 0 aromatic heterocycles. The second-order valence-corrected chi connectivity index (χ2v) is 8.63. The summed E-state index contributed by atoms with van der Waals surface area (Å²) in [6.45, 7) is 0. The first-order valence-electron chi connectivity index (χ1n) is 8.17. The maximum Gasteiger partial charge on any atom is 0.309 e. The van der Waals surface area contributed by atoms with Crippen LogP contribution in [-0.2, 0) is 29.1 Å². The second kappa shape index (κ2) is 5.54. The van der Waals surface area contributed by atoms with Crippen molar-refractivity contribution in [1.82, 2.24) is 4.31 Å². The van der Waals surface area contributed by atoms with E-state index in [0.29, 0.717) is 6.42 Å². The van der Waals surface area contributed by atoms with Gasteiger partial charge in [-0.25, -0.2) is 8.42 Å². The van der Waals surface area contributed by atoms with Crippen molar-refractivity contribution in [3.63, 3.8) is 0 Å². The topological polar surface area (TPSA) is 89.8 Å². The third-order valence-electron chi connectivity index (χ3n) is 5.84. The average Bonchev–Trinajstić information content (AvgIpc) is 3.16. The van der Waals surface area contributed by atoms with Gasteiger partial charge in [-0.1, -0.05) is 18.2 Å². The van der Waals surface area contributed by atoms with Gasteiger partial charge >= 0.3 is 11.9 Å². The molecule has 2 bridgehead atoms. The quantitative estimate of drug-likeness (QED) is 0.575. The van der Waals surface area contributed by atoms with E-state index in [1.165, 1.54) is 18.5 Å². The lowest BCUT2D eigenvalue weighted by atomic mass is 9.79. The molecule has 0 N–H and O–H groups in total. The lowest BCUT2D eigenvalue weighted by molar-refractivity contribution is -0.159. The summed E-state index contributed by atoms with van der Waals surface area (Å²) in [6.07, 6.45) is 0.648. The first kappa shape index (κ1) is 16.5. The van der Waals surface area contributed by atoms with E-state index in [1.807, 2.05) is 0 Å². The number of esters is 2. The van der Waals surface area contributed by atoms with Gasteiger partial charge in [-0.3, -0.25) is 9.59 Å². The number of rotatable bonds is 4. The minimum Gasteiger partial charge on any atom is -0.469 e. The Hall–Kier alpha value is -1.93. The molecule has 1 aliphatic heterocycles. The van der Waals surface area contributed by atoms with Crippen LogP contribution in [0, 0.1) is 23.7 Å². The zero-order valence-electron chi connectivity index (χ0n) is 13.9. The fourth-order valence-corrected chi connectivity index (χ4v) is 6.82. The summed E-state index contributed by atoms with van der Waals surface area (Å²) >= 11 is 0. The SMILES string of the molecule is COC(=O)[C@H]1[C@@H]2C[C@@H]([C@@H]1C(=O)OC)[C@@H]1[C@@H]2N1S(=O)(=O)c1ccccc1. The predicted molar refractivity (Wildman–Crippen MR) is 85.7 cm³/mol. The number of fused-ring (bicyclic) bond motifs is 5. The number of hydrogen-bond acceptors (Lipinski definition) is 6. The Morgan fingerprint density at radius 1 is 0.960 bits per heavy atom. The number of ether oxygens (including phenoxy) is 2. The van der Waals surface area contributed by atoms with Gasteiger partial charge in [0.15, 0.2) is 0 Å². The molecule has 1 heterocycles. The molecule has 25 heavy (non-hydrogen) atoms. The zero-order chi connectivity index (χ0) is 17.9. The van der Waals surface area contributed by atoms with E-state index in [4.69, 9.17) is 9.47 Å². The minimum atomic E-state index is -3.63. The molecule has 4 rings (SSSR count). The molecule has 0 radical (unpaired) electrons. The van der Waals surface area contributed by atoms with E-state index in [1.54, 1.807) is 30.3 Å². The van der Waals surface area contributed by atoms with Crippen molar-refractivity contribution in [3.05, 3.63) is 30.3 Å². The van der Waals surface area contributed by atoms with Crippen LogP contribution in [0.25, 0.3) is 0 Å². The fourth-order valence-electron chi connectivity index (χ4n) is 4.92. The monoisotopic (exact) mass is 365 g/mol. The predicted octanol–water partition coefficient (Wildman–Crippen LogP) is 0.656. The number of piperidine rings is 1. The molecule has 134 valence electrons. The van der Waals surface area contributed by atoms with Crippen molar-refractivity contribution >= 4 is 22.0 Å². The fraction of sp³-hybridized carbons (Fsp3) is 0.529. The third-order valence-corrected chi connectivity index (χ3v) is 7.75. The van der Waals surface area contributed by atoms with Crippen LogP contribution in [0.5, 0.6) is 0 Å². The van der Waals surface area contributed by atoms with Gasteiger partial charge < -0.3 is 9.47 Å². The molecule has 3 fully saturated rings. The minimum absolute atomic E-state index is 0.204. The maximum absolute atomic E-state index is 12.9. The van der Waals surface area contributed by atoms with Crippen LogP contribution < -0.4 is 0 Å². The van der Waals surface area contributed by atoms with Gasteiger partial charge in [-0.05, 0) is 30.4 Å². The maximum atomic E-state index is 12.9. The number of benzene rings is 1. The third kappa shape index (κ3) is 2.17. The number of sulfonamides is 1. The second-order valence-electron chi connectivity index (χ2n) is 6.79. The van der Waals surface area contributed by atoms with E-state index < -0.39 is 33.8 Å². The molecule has 1 saturated heterocycles. The van der Waals surface area contributed by atoms with Gasteiger partial charge in [0.25, 0.3) is 0 Å². The molecule has 1 aromatic carbocycles. The van der Waals surface area contributed by atoms with Gasteiger partial charge in [0.1, 0.15) is 0 Å². The number of carbonyl (C=O) groups excluding carboxylic acids is 2. The van der Waals surface area contributed by atoms with Gasteiger partial charge in [-0.15, -0.1) is 0 Å². The van der Waals surface area contributed by atoms with Crippen molar-refractivity contribution in [1.29, 1.82) is 0 Å². The zero-order valence-corrected chi connectivity index (χ0v) is 14.7. The van der Waals surface area contributed by atoms with Gasteiger partial charge in [-0.2, -0.15) is 4.31 Å². The van der Waals surface area contributed by atoms with Crippen molar-refractivity contribution in [2.45, 2.75) is 23.4 Å². The number of nitrogens with zero attached hydrogens (tertiary/aromatic N) is 1. The van der Waals surface area contributed by atoms with Gasteiger partial charge in [0, 0.05) is 12.1 Å². The Kier molecular flexibility index (Phi) is 3.66. The Morgan fingerprint density at radius 3 is 1.88 bits per heavy atom. The Labute approximate surface area is 145 Å². The molecule has 3 aliphatic rings. The van der Waals surface area contributed by atoms with Crippen LogP contribution in [0.15, 0.2) is 35.2 Å². The lowest BCUT2D eigenvalue weighted by Crippen LogP contribution is -2.39. The van der Waals surface area contributed by atoms with Crippen molar-refractivity contribution in [2.24, 2.45) is 23.7 Å². The molecular weight excluding hydrogens is 346 g/mol. The highest BCUT2D eigenvalue weighted by Crippen LogP contribution is 2.64. The average molecular weight is 365 g/mol. The molecule has 0 amide bonds. The summed E-state index contributed by atoms with van der Waals surface area (Å²) in [7, 11) is -1.07. The van der Waals surface area contributed by atoms with Crippen LogP contribution in [-0.4, -0.2) is 51.0 Å². The molecule has 2 saturated carbocycles. The summed E-state index contributed by atoms with van der Waals surface area (Å²) in [5.41, 5.74) is 0. The molecule has 6 atom stereocenters. The molecule has 2 aliphatic carbocycles. The molecule has 0 unspecified atom stereocenters. The molecule has 8 heteroatoms. The van der Waals surface area contributed by atoms with Crippen LogP contribution in [0.4, 0.5) is 0 Å². The van der Waals surface area contributed by atoms with E-state index >= 15 is 0 Å². The van der Waals surface area contributed by atoms with Crippen molar-refractivity contribution < 1.29 is 27.5 Å². The summed E-state index contributed by atoms with van der Waals surface area (Å²) < 4.78 is 37.0. The summed E-state index contributed by atoms with van der Waals surface area (Å²) in [5, 5.41) is 0. The van der Waals surface area contributed by atoms with E-state index in [9.17, 15) is 18.0 Å². The Balaban J connectivity index is 1.68. The molecular formula is C17H19NO6S. The Morgan fingerprint density at radius 2 is 1.44 bits per heavy atom. The van der Waals surface area contributed by atoms with Crippen molar-refractivity contribution in [2.75, 3.05) is 14.2 Å². The van der Waals surface area contributed by atoms with E-state index in [-0.39, 0.29) is 28.8 Å². The van der Waals surface area contributed by atoms with E-state index in [0.717, 1.165) is 0 Å². The first-order chi connectivity index (χ1) is 11.9. The van der Waals surface area contributed by atoms with E-state index in [2.05, 4.69) is 0 Å². The van der Waals surface area contributed by atoms with Gasteiger partial charge in [0.05, 0.1) is 31.0 Å². The molecule has 1 aromatic rings. The highest BCUT2D eigenvalue weighted by atomic mass is 32.2. The standard InChI is InChI=1S/C17H19NO6S/c1-23-16(19)12-10-8-11(13(12)17(20)24-2)15-14(10)18(15)25(21,22)9-6-4-3-5-7-9/h3-7,10-15H,8H2,1-2H3/t10-,11-,12-,13-,14+,15+/m0/s1. The number of carbonyl (C=O) groups is 2. The van der Waals surface area contributed by atoms with Crippen LogP contribution >= 0.6 is 0 Å². The summed E-state index contributed by atoms with van der Waals surface area (Å²) in [4.78, 5) is 24.7. The largest absolute Gasteiger partial charge is 0.469 e. The molecule has 7 nitrogen and oxygen atoms in total. The smallest absolute Gasteiger partial charge is 0.309 e. The number of hydrogen-bond donors (Lipinski definition) is 0. The normalized spacial score (nSPS) is 38.1. The summed E-state index contributed by atoms with van der Waals surface area (Å²) in [5.74, 6) is -2.62. The lowest BCUT2D eigenvalue weighted by Gasteiger charge is -2.25. The van der Waals surface area contributed by atoms with Gasteiger partial charge in [0.2, 0.25) is 10.0 Å². The highest BCUT2D eigenvalue weighted by molar-refractivity contribution is 7.89. The number of methoxy groups -OCH3 is 2. The molecule has 0 spiro atoms. The van der Waals surface area contributed by atoms with Crippen LogP contribution in [0.3, 0.4) is 0 Å². The Bertz CT molecular complexity index is 789. The van der Waals surface area contributed by atoms with Crippen LogP contribution in [0.1, 0.15) is 6.42 Å². The van der Waals surface area contributed by atoms with Crippen LogP contribution in [0.2, 0.25) is 0 Å².